The van der Waals surface area contributed by atoms with Gasteiger partial charge in [-0.3, -0.25) is 9.13 Å². The summed E-state index contributed by atoms with van der Waals surface area (Å²) in [6.45, 7) is 5.65. The number of fused-ring (bicyclic) bond motifs is 2. The molecule has 2 aliphatic heterocycles. The zero-order chi connectivity index (χ0) is 49.6. The largest absolute Gasteiger partial charge is 0.387 e. The number of ether oxygens (including phenoxy) is 2. The third-order valence-electron chi connectivity index (χ3n) is 13.1. The summed E-state index contributed by atoms with van der Waals surface area (Å²) < 4.78 is 19.4. The van der Waals surface area contributed by atoms with Crippen molar-refractivity contribution in [3.8, 4) is 0 Å². The van der Waals surface area contributed by atoms with Crippen molar-refractivity contribution >= 4 is 45.9 Å². The van der Waals surface area contributed by atoms with Crippen LogP contribution in [0.2, 0.25) is 0 Å². The van der Waals surface area contributed by atoms with Crippen molar-refractivity contribution in [2.75, 3.05) is 34.4 Å². The summed E-state index contributed by atoms with van der Waals surface area (Å²) in [6, 6.07) is -0.0247. The molecular formula is C42H56N24O6. The molecule has 1 saturated carbocycles. The molecule has 8 aromatic heterocycles. The summed E-state index contributed by atoms with van der Waals surface area (Å²) in [5.41, 5.74) is 3.47. The molecule has 72 heavy (non-hydrogen) atoms. The van der Waals surface area contributed by atoms with Gasteiger partial charge in [-0.2, -0.15) is 29.5 Å². The standard InChI is InChI=1S/C42H56N24O6/c1-5-65-57-35(55-59-65)31-27(67)29(69)39(71-31)63-19-47-25-33(51-41(53-37(25)63)43-13-11-23-15-61(3)17-45-23)49-21-7-9-22(10-8-21)50-34-26-38(54-42(52-34)44-14-12-24-16-62(4)18-46-24)64(20-48-26)40-30(70)28(68)32(72-40)36-56-60-66(6-2)58-36/h15-22,27-32,39-40,67-70H,5-14H2,1-4H3,(H2,43,49,51,53)(H2,44,50,52,54)/t21?,22?,27-,28-,29+,30+,31-,32-,39+,40+/m0/s1. The Hall–Kier alpha value is -7.38. The zero-order valence-corrected chi connectivity index (χ0v) is 39.9. The van der Waals surface area contributed by atoms with Crippen molar-refractivity contribution in [2.45, 2.75) is 127 Å². The lowest BCUT2D eigenvalue weighted by Crippen LogP contribution is -2.33. The van der Waals surface area contributed by atoms with Gasteiger partial charge in [-0.15, -0.1) is 20.4 Å². The molecule has 0 bridgehead atoms. The van der Waals surface area contributed by atoms with E-state index in [0.29, 0.717) is 84.9 Å². The Morgan fingerprint density at radius 3 is 1.38 bits per heavy atom. The molecule has 0 radical (unpaired) electrons. The smallest absolute Gasteiger partial charge is 0.226 e. The van der Waals surface area contributed by atoms with Crippen LogP contribution >= 0.6 is 0 Å². The summed E-state index contributed by atoms with van der Waals surface area (Å²) in [5.74, 6) is 1.95. The van der Waals surface area contributed by atoms with E-state index in [2.05, 4.69) is 62.1 Å². The highest BCUT2D eigenvalue weighted by molar-refractivity contribution is 5.85. The number of nitrogens with zero attached hydrogens (tertiary/aromatic N) is 20. The molecule has 8 N–H and O–H groups in total. The van der Waals surface area contributed by atoms with Crippen molar-refractivity contribution in [2.24, 2.45) is 14.1 Å². The molecule has 8 atom stereocenters. The summed E-state index contributed by atoms with van der Waals surface area (Å²) in [4.78, 5) is 40.5. The fourth-order valence-corrected chi connectivity index (χ4v) is 9.34. The Bertz CT molecular complexity index is 2930. The molecule has 380 valence electrons. The van der Waals surface area contributed by atoms with Crippen LogP contribution in [0, 0.1) is 0 Å². The lowest BCUT2D eigenvalue weighted by atomic mass is 9.91. The summed E-state index contributed by atoms with van der Waals surface area (Å²) in [6.07, 6.45) is 5.02. The summed E-state index contributed by atoms with van der Waals surface area (Å²) in [7, 11) is 3.83. The van der Waals surface area contributed by atoms with Gasteiger partial charge in [0.15, 0.2) is 58.6 Å². The highest BCUT2D eigenvalue weighted by Gasteiger charge is 2.48. The highest BCUT2D eigenvalue weighted by atomic mass is 16.6. The van der Waals surface area contributed by atoms with Crippen molar-refractivity contribution in [1.29, 1.82) is 0 Å². The quantitative estimate of drug-likeness (QED) is 0.0541. The highest BCUT2D eigenvalue weighted by Crippen LogP contribution is 2.41. The maximum absolute atomic E-state index is 11.3. The van der Waals surface area contributed by atoms with Crippen LogP contribution in [0.5, 0.6) is 0 Å². The van der Waals surface area contributed by atoms with Crippen LogP contribution < -0.4 is 21.3 Å². The van der Waals surface area contributed by atoms with E-state index in [-0.39, 0.29) is 23.7 Å². The van der Waals surface area contributed by atoms with E-state index in [9.17, 15) is 20.4 Å². The molecule has 0 spiro atoms. The van der Waals surface area contributed by atoms with E-state index in [1.165, 1.54) is 22.2 Å². The third kappa shape index (κ3) is 9.22. The zero-order valence-electron chi connectivity index (χ0n) is 39.9. The maximum Gasteiger partial charge on any atom is 0.226 e. The maximum atomic E-state index is 11.3. The summed E-state index contributed by atoms with van der Waals surface area (Å²) >= 11 is 0. The molecule has 0 amide bonds. The fraction of sp³-hybridized carbons (Fsp3) is 0.571. The van der Waals surface area contributed by atoms with Crippen LogP contribution in [0.25, 0.3) is 22.3 Å². The minimum atomic E-state index is -1.36. The van der Waals surface area contributed by atoms with Crippen LogP contribution in [-0.4, -0.2) is 169 Å². The van der Waals surface area contributed by atoms with E-state index in [1.54, 1.807) is 21.8 Å². The first-order valence-electron chi connectivity index (χ1n) is 24.0. The van der Waals surface area contributed by atoms with Crippen molar-refractivity contribution in [3.63, 3.8) is 0 Å². The Morgan fingerprint density at radius 2 is 1.00 bits per heavy atom. The topological polar surface area (TPSA) is 358 Å². The molecule has 11 rings (SSSR count). The van der Waals surface area contributed by atoms with Gasteiger partial charge in [-0.25, -0.2) is 19.9 Å². The molecule has 3 fully saturated rings. The number of nitrogens with one attached hydrogen (secondary N) is 4. The normalized spacial score (nSPS) is 25.5. The van der Waals surface area contributed by atoms with Crippen LogP contribution in [-0.2, 0) is 49.5 Å². The lowest BCUT2D eigenvalue weighted by Gasteiger charge is -2.30. The summed E-state index contributed by atoms with van der Waals surface area (Å²) in [5, 5.41) is 83.5. The van der Waals surface area contributed by atoms with Crippen LogP contribution in [0.4, 0.5) is 23.5 Å². The third-order valence-corrected chi connectivity index (χ3v) is 13.1. The lowest BCUT2D eigenvalue weighted by molar-refractivity contribution is -0.0384. The van der Waals surface area contributed by atoms with Crippen molar-refractivity contribution < 1.29 is 29.9 Å². The van der Waals surface area contributed by atoms with E-state index in [4.69, 9.17) is 39.4 Å². The molecule has 10 heterocycles. The molecule has 3 aliphatic rings. The van der Waals surface area contributed by atoms with E-state index >= 15 is 0 Å². The predicted octanol–water partition coefficient (Wildman–Crippen LogP) is -0.426. The van der Waals surface area contributed by atoms with Crippen molar-refractivity contribution in [3.05, 3.63) is 60.7 Å². The first-order chi connectivity index (χ1) is 35.0. The van der Waals surface area contributed by atoms with Gasteiger partial charge >= 0.3 is 0 Å². The van der Waals surface area contributed by atoms with Crippen LogP contribution in [0.3, 0.4) is 0 Å². The first-order valence-corrected chi connectivity index (χ1v) is 24.0. The SMILES string of the molecule is CCn1nnc([C@H]2O[C@@H](n3cnc4c(NC5CCC(Nc6nc(NCCc7cn(C)cn7)nc7c6ncn7[C@@H]6O[C@H](c7nnn(CC)n7)[C@@H](O)[C@H]6O)CC5)nc(NCCc5cn(C)cn5)nc43)[C@H](O)[C@@H]2O)n1. The minimum Gasteiger partial charge on any atom is -0.387 e. The number of anilines is 4. The Kier molecular flexibility index (Phi) is 12.8. The number of aliphatic hydroxyl groups is 4. The molecular weight excluding hydrogens is 937 g/mol. The minimum absolute atomic E-state index is 0.0123. The average molecular weight is 993 g/mol. The average Bonchev–Trinajstić information content (AvgIpc) is 4.26. The number of hydrogen-bond acceptors (Lipinski definition) is 24. The molecule has 0 aromatic carbocycles. The van der Waals surface area contributed by atoms with Gasteiger partial charge in [0.05, 0.1) is 49.8 Å². The van der Waals surface area contributed by atoms with Gasteiger partial charge in [-0.1, -0.05) is 0 Å². The molecule has 2 saturated heterocycles. The van der Waals surface area contributed by atoms with Gasteiger partial charge in [0.25, 0.3) is 0 Å². The molecule has 0 unspecified atom stereocenters. The number of aliphatic hydroxyl groups excluding tert-OH is 4. The van der Waals surface area contributed by atoms with Crippen molar-refractivity contribution in [1.82, 2.24) is 98.6 Å². The second kappa shape index (κ2) is 19.7. The fourth-order valence-electron chi connectivity index (χ4n) is 9.34. The number of aryl methyl sites for hydroxylation is 4. The molecule has 1 aliphatic carbocycles. The van der Waals surface area contributed by atoms with Gasteiger partial charge in [0.2, 0.25) is 23.5 Å². The predicted molar refractivity (Wildman–Crippen MR) is 251 cm³/mol. The number of imidazole rings is 4. The Morgan fingerprint density at radius 1 is 0.569 bits per heavy atom. The van der Waals surface area contributed by atoms with Gasteiger partial charge < -0.3 is 60.3 Å². The Labute approximate surface area is 409 Å². The van der Waals surface area contributed by atoms with Crippen LogP contribution in [0.1, 0.15) is 87.2 Å². The second-order valence-corrected chi connectivity index (χ2v) is 18.2. The van der Waals surface area contributed by atoms with Crippen LogP contribution in [0.15, 0.2) is 37.7 Å². The first kappa shape index (κ1) is 47.0. The second-order valence-electron chi connectivity index (χ2n) is 18.2. The molecule has 30 heteroatoms. The van der Waals surface area contributed by atoms with Gasteiger partial charge in [0.1, 0.15) is 24.4 Å². The number of hydrogen-bond donors (Lipinski definition) is 8. The molecule has 8 aromatic rings. The monoisotopic (exact) mass is 992 g/mol. The number of aromatic nitrogens is 20. The van der Waals surface area contributed by atoms with E-state index in [1.807, 2.05) is 49.5 Å². The Balaban J connectivity index is 0.821. The van der Waals surface area contributed by atoms with Gasteiger partial charge in [-0.05, 0) is 50.0 Å². The molecule has 30 nitrogen and oxygen atoms in total. The number of tetrazole rings is 2. The van der Waals surface area contributed by atoms with Gasteiger partial charge in [0, 0.05) is 64.5 Å². The van der Waals surface area contributed by atoms with E-state index < -0.39 is 49.1 Å². The van der Waals surface area contributed by atoms with E-state index in [0.717, 1.165) is 37.1 Å². The number of rotatable bonds is 18.